The summed E-state index contributed by atoms with van der Waals surface area (Å²) >= 11 is 0. The maximum atomic E-state index is 13.4. The van der Waals surface area contributed by atoms with Crippen molar-refractivity contribution in [1.82, 2.24) is 24.8 Å². The molecule has 41 heavy (non-hydrogen) atoms. The van der Waals surface area contributed by atoms with Gasteiger partial charge in [0.1, 0.15) is 23.9 Å². The number of aliphatic hydroxyl groups excluding tert-OH is 2. The molecule has 0 aliphatic heterocycles. The second-order valence-corrected chi connectivity index (χ2v) is 10.9. The van der Waals surface area contributed by atoms with Crippen molar-refractivity contribution < 1.29 is 23.4 Å². The first-order chi connectivity index (χ1) is 19.7. The Hall–Kier alpha value is -3.25. The molecule has 0 spiro atoms. The molecule has 5 rings (SSSR count). The van der Waals surface area contributed by atoms with Crippen LogP contribution >= 0.6 is 0 Å². The van der Waals surface area contributed by atoms with E-state index in [4.69, 9.17) is 0 Å². The van der Waals surface area contributed by atoms with E-state index in [-0.39, 0.29) is 13.1 Å². The zero-order chi connectivity index (χ0) is 29.0. The Morgan fingerprint density at radius 2 is 1.83 bits per heavy atom. The summed E-state index contributed by atoms with van der Waals surface area (Å²) in [5, 5.41) is 31.2. The van der Waals surface area contributed by atoms with Crippen molar-refractivity contribution in [3.05, 3.63) is 66.6 Å². The normalized spacial score (nSPS) is 21.3. The Labute approximate surface area is 237 Å². The number of hydrogen-bond donors (Lipinski definition) is 4. The van der Waals surface area contributed by atoms with Gasteiger partial charge in [-0.05, 0) is 61.3 Å². The molecule has 11 heteroatoms. The monoisotopic (exact) mass is 570 g/mol. The van der Waals surface area contributed by atoms with Gasteiger partial charge in [-0.1, -0.05) is 42.5 Å². The molecule has 1 fully saturated rings. The third-order valence-electron chi connectivity index (χ3n) is 8.00. The number of aromatic nitrogens is 3. The Balaban J connectivity index is 1.15. The van der Waals surface area contributed by atoms with Gasteiger partial charge in [0.05, 0.1) is 24.1 Å². The van der Waals surface area contributed by atoms with Crippen molar-refractivity contribution in [2.24, 2.45) is 5.92 Å². The number of alkyl halides is 3. The van der Waals surface area contributed by atoms with Gasteiger partial charge in [-0.25, -0.2) is 9.97 Å². The minimum Gasteiger partial charge on any atom is -0.390 e. The van der Waals surface area contributed by atoms with Crippen LogP contribution in [0.15, 0.2) is 61.1 Å². The standard InChI is InChI=1S/C30H37F3N6O2/c1-34-28-24-10-14-39(29(24)37-19-36-28)25-16-23(26(40)27(25)41)17-38(18-30(31,32)33)13-4-11-35-12-9-20-7-8-21-5-2-3-6-22(21)15-20/h2-3,5-8,10,14-15,19,23,25-27,35,40-41H,4,9,11-13,16-18H2,1H3,(H,34,36,37)/t23-,25-,26-,27+/m1/s1. The molecule has 1 aliphatic carbocycles. The first-order valence-electron chi connectivity index (χ1n) is 14.1. The molecule has 1 saturated carbocycles. The van der Waals surface area contributed by atoms with Crippen molar-refractivity contribution >= 4 is 27.6 Å². The summed E-state index contributed by atoms with van der Waals surface area (Å²) in [6, 6.07) is 15.9. The SMILES string of the molecule is CNc1ncnc2c1ccn2[C@@H]1C[C@H](CN(CCCNCCc2ccc3ccccc3c2)CC(F)(F)F)[C@@H](O)[C@H]1O. The number of benzene rings is 2. The number of fused-ring (bicyclic) bond motifs is 2. The van der Waals surface area contributed by atoms with E-state index in [1.807, 2.05) is 18.2 Å². The van der Waals surface area contributed by atoms with E-state index in [1.165, 1.54) is 27.6 Å². The molecule has 0 unspecified atom stereocenters. The van der Waals surface area contributed by atoms with Gasteiger partial charge < -0.3 is 25.4 Å². The van der Waals surface area contributed by atoms with E-state index in [1.54, 1.807) is 17.8 Å². The van der Waals surface area contributed by atoms with Crippen LogP contribution in [0.3, 0.4) is 0 Å². The summed E-state index contributed by atoms with van der Waals surface area (Å²) < 4.78 is 42.1. The smallest absolute Gasteiger partial charge is 0.390 e. The maximum Gasteiger partial charge on any atom is 0.401 e. The van der Waals surface area contributed by atoms with Gasteiger partial charge in [-0.15, -0.1) is 0 Å². The fraction of sp³-hybridized carbons (Fsp3) is 0.467. The quantitative estimate of drug-likeness (QED) is 0.191. The second-order valence-electron chi connectivity index (χ2n) is 10.9. The minimum absolute atomic E-state index is 0.0429. The van der Waals surface area contributed by atoms with Crippen LogP contribution in [0.2, 0.25) is 0 Å². The zero-order valence-electron chi connectivity index (χ0n) is 23.1. The molecular formula is C30H37F3N6O2. The highest BCUT2D eigenvalue weighted by Crippen LogP contribution is 2.38. The predicted molar refractivity (Wildman–Crippen MR) is 154 cm³/mol. The van der Waals surface area contributed by atoms with Gasteiger partial charge >= 0.3 is 6.18 Å². The number of nitrogens with zero attached hydrogens (tertiary/aromatic N) is 4. The molecule has 2 aromatic heterocycles. The van der Waals surface area contributed by atoms with Crippen LogP contribution in [0, 0.1) is 5.92 Å². The second kappa shape index (κ2) is 12.7. The average molecular weight is 571 g/mol. The van der Waals surface area contributed by atoms with Crippen LogP contribution in [0.25, 0.3) is 21.8 Å². The van der Waals surface area contributed by atoms with Crippen LogP contribution in [-0.4, -0.2) is 87.8 Å². The molecule has 220 valence electrons. The van der Waals surface area contributed by atoms with E-state index in [9.17, 15) is 23.4 Å². The fourth-order valence-electron chi connectivity index (χ4n) is 5.99. The van der Waals surface area contributed by atoms with E-state index in [2.05, 4.69) is 50.9 Å². The van der Waals surface area contributed by atoms with Crippen LogP contribution < -0.4 is 10.6 Å². The average Bonchev–Trinajstić information content (AvgIpc) is 3.50. The molecule has 8 nitrogen and oxygen atoms in total. The summed E-state index contributed by atoms with van der Waals surface area (Å²) in [5.41, 5.74) is 1.81. The molecule has 2 aromatic carbocycles. The Kier molecular flexibility index (Phi) is 9.08. The van der Waals surface area contributed by atoms with Crippen molar-refractivity contribution in [2.75, 3.05) is 45.1 Å². The van der Waals surface area contributed by atoms with Gasteiger partial charge in [0.2, 0.25) is 0 Å². The van der Waals surface area contributed by atoms with Gasteiger partial charge in [0.25, 0.3) is 0 Å². The highest BCUT2D eigenvalue weighted by atomic mass is 19.4. The lowest BCUT2D eigenvalue weighted by Gasteiger charge is -2.28. The van der Waals surface area contributed by atoms with Crippen LogP contribution in [0.1, 0.15) is 24.4 Å². The van der Waals surface area contributed by atoms with Gasteiger partial charge in [-0.3, -0.25) is 4.90 Å². The summed E-state index contributed by atoms with van der Waals surface area (Å²) in [6.07, 6.45) is -1.72. The van der Waals surface area contributed by atoms with Crippen LogP contribution in [0.4, 0.5) is 19.0 Å². The van der Waals surface area contributed by atoms with Crippen molar-refractivity contribution in [3.63, 3.8) is 0 Å². The number of halogens is 3. The highest BCUT2D eigenvalue weighted by molar-refractivity contribution is 5.87. The third kappa shape index (κ3) is 6.98. The molecule has 2 heterocycles. The van der Waals surface area contributed by atoms with Gasteiger partial charge in [0.15, 0.2) is 0 Å². The van der Waals surface area contributed by atoms with Crippen LogP contribution in [-0.2, 0) is 6.42 Å². The zero-order valence-corrected chi connectivity index (χ0v) is 23.1. The Morgan fingerprint density at radius 3 is 2.61 bits per heavy atom. The molecule has 1 aliphatic rings. The van der Waals surface area contributed by atoms with Crippen molar-refractivity contribution in [3.8, 4) is 0 Å². The molecule has 0 bridgehead atoms. The number of nitrogens with one attached hydrogen (secondary N) is 2. The summed E-state index contributed by atoms with van der Waals surface area (Å²) in [4.78, 5) is 9.88. The molecule has 0 radical (unpaired) electrons. The topological polar surface area (TPSA) is 98.5 Å². The van der Waals surface area contributed by atoms with E-state index in [0.717, 1.165) is 18.4 Å². The fourth-order valence-corrected chi connectivity index (χ4v) is 5.99. The first-order valence-corrected chi connectivity index (χ1v) is 14.1. The van der Waals surface area contributed by atoms with E-state index in [0.29, 0.717) is 30.9 Å². The van der Waals surface area contributed by atoms with Crippen molar-refractivity contribution in [1.29, 1.82) is 0 Å². The molecule has 4 aromatic rings. The highest BCUT2D eigenvalue weighted by Gasteiger charge is 2.44. The summed E-state index contributed by atoms with van der Waals surface area (Å²) in [5.74, 6) is 0.127. The first kappa shape index (κ1) is 29.2. The molecule has 4 N–H and O–H groups in total. The molecule has 4 atom stereocenters. The largest absolute Gasteiger partial charge is 0.401 e. The van der Waals surface area contributed by atoms with Gasteiger partial charge in [-0.2, -0.15) is 13.2 Å². The van der Waals surface area contributed by atoms with E-state index >= 15 is 0 Å². The Morgan fingerprint density at radius 1 is 1.02 bits per heavy atom. The molecule has 0 amide bonds. The van der Waals surface area contributed by atoms with Crippen molar-refractivity contribution in [2.45, 2.75) is 43.7 Å². The lowest BCUT2D eigenvalue weighted by molar-refractivity contribution is -0.148. The maximum absolute atomic E-state index is 13.4. The lowest BCUT2D eigenvalue weighted by atomic mass is 10.0. The molecule has 0 saturated heterocycles. The van der Waals surface area contributed by atoms with Crippen LogP contribution in [0.5, 0.6) is 0 Å². The Bertz CT molecular complexity index is 1440. The van der Waals surface area contributed by atoms with Gasteiger partial charge in [0, 0.05) is 25.7 Å². The third-order valence-corrected chi connectivity index (χ3v) is 8.00. The number of aliphatic hydroxyl groups is 2. The molecular weight excluding hydrogens is 533 g/mol. The predicted octanol–water partition coefficient (Wildman–Crippen LogP) is 4.00. The number of rotatable bonds is 12. The minimum atomic E-state index is -4.36. The van der Waals surface area contributed by atoms with E-state index < -0.39 is 36.9 Å². The number of hydrogen-bond acceptors (Lipinski definition) is 7. The summed E-state index contributed by atoms with van der Waals surface area (Å²) in [6.45, 7) is 0.540. The number of anilines is 1. The lowest BCUT2D eigenvalue weighted by Crippen LogP contribution is -2.41. The summed E-state index contributed by atoms with van der Waals surface area (Å²) in [7, 11) is 1.75.